The average molecular weight is 288 g/mol. The van der Waals surface area contributed by atoms with Gasteiger partial charge in [0.25, 0.3) is 5.91 Å². The SMILES string of the molecule is CC(C)CN(CCCN)C(=O)c1nn(C)c2ccccc12. The number of hydrogen-bond donors (Lipinski definition) is 1. The highest BCUT2D eigenvalue weighted by Gasteiger charge is 2.22. The molecule has 5 heteroatoms. The number of nitrogens with zero attached hydrogens (tertiary/aromatic N) is 3. The van der Waals surface area contributed by atoms with Gasteiger partial charge in [0, 0.05) is 25.5 Å². The molecule has 5 nitrogen and oxygen atoms in total. The minimum Gasteiger partial charge on any atom is -0.337 e. The maximum atomic E-state index is 12.8. The monoisotopic (exact) mass is 288 g/mol. The Balaban J connectivity index is 2.33. The quantitative estimate of drug-likeness (QED) is 0.884. The van der Waals surface area contributed by atoms with Crippen LogP contribution in [0.15, 0.2) is 24.3 Å². The third-order valence-corrected chi connectivity index (χ3v) is 3.47. The average Bonchev–Trinajstić information content (AvgIpc) is 2.80. The van der Waals surface area contributed by atoms with E-state index in [2.05, 4.69) is 18.9 Å². The summed E-state index contributed by atoms with van der Waals surface area (Å²) in [5, 5.41) is 5.33. The molecule has 0 aliphatic rings. The number of benzene rings is 1. The topological polar surface area (TPSA) is 64.2 Å². The summed E-state index contributed by atoms with van der Waals surface area (Å²) in [6, 6.07) is 7.82. The zero-order valence-electron chi connectivity index (χ0n) is 13.0. The van der Waals surface area contributed by atoms with Crippen molar-refractivity contribution >= 4 is 16.8 Å². The minimum atomic E-state index is -0.00560. The van der Waals surface area contributed by atoms with Crippen molar-refractivity contribution in [1.82, 2.24) is 14.7 Å². The molecule has 0 saturated carbocycles. The standard InChI is InChI=1S/C16H24N4O/c1-12(2)11-20(10-6-9-17)16(21)15-13-7-4-5-8-14(13)19(3)18-15/h4-5,7-8,12H,6,9-11,17H2,1-3H3. The number of aromatic nitrogens is 2. The van der Waals surface area contributed by atoms with Crippen molar-refractivity contribution < 1.29 is 4.79 Å². The van der Waals surface area contributed by atoms with Gasteiger partial charge in [0.15, 0.2) is 5.69 Å². The summed E-state index contributed by atoms with van der Waals surface area (Å²) in [7, 11) is 1.87. The Morgan fingerprint density at radius 1 is 1.38 bits per heavy atom. The van der Waals surface area contributed by atoms with Crippen LogP contribution in [0.1, 0.15) is 30.8 Å². The maximum absolute atomic E-state index is 12.8. The van der Waals surface area contributed by atoms with Crippen LogP contribution < -0.4 is 5.73 Å². The predicted molar refractivity (Wildman–Crippen MR) is 85.1 cm³/mol. The first-order valence-corrected chi connectivity index (χ1v) is 7.45. The van der Waals surface area contributed by atoms with Crippen molar-refractivity contribution in [3.8, 4) is 0 Å². The largest absolute Gasteiger partial charge is 0.337 e. The lowest BCUT2D eigenvalue weighted by atomic mass is 10.1. The fourth-order valence-corrected chi connectivity index (χ4v) is 2.52. The molecule has 2 N–H and O–H groups in total. The van der Waals surface area contributed by atoms with Gasteiger partial charge in [-0.15, -0.1) is 0 Å². The summed E-state index contributed by atoms with van der Waals surface area (Å²) < 4.78 is 1.76. The number of carbonyl (C=O) groups excluding carboxylic acids is 1. The van der Waals surface area contributed by atoms with Gasteiger partial charge in [-0.2, -0.15) is 5.10 Å². The van der Waals surface area contributed by atoms with Gasteiger partial charge in [-0.3, -0.25) is 9.48 Å². The third-order valence-electron chi connectivity index (χ3n) is 3.47. The molecule has 0 radical (unpaired) electrons. The van der Waals surface area contributed by atoms with Crippen molar-refractivity contribution in [2.24, 2.45) is 18.7 Å². The van der Waals surface area contributed by atoms with Crippen LogP contribution in [0.25, 0.3) is 10.9 Å². The lowest BCUT2D eigenvalue weighted by molar-refractivity contribution is 0.0730. The molecular weight excluding hydrogens is 264 g/mol. The van der Waals surface area contributed by atoms with E-state index >= 15 is 0 Å². The number of aryl methyl sites for hydroxylation is 1. The molecule has 0 aliphatic carbocycles. The summed E-state index contributed by atoms with van der Waals surface area (Å²) in [6.45, 7) is 6.21. The second-order valence-electron chi connectivity index (χ2n) is 5.78. The summed E-state index contributed by atoms with van der Waals surface area (Å²) in [6.07, 6.45) is 0.809. The van der Waals surface area contributed by atoms with Crippen LogP contribution in [0.5, 0.6) is 0 Å². The summed E-state index contributed by atoms with van der Waals surface area (Å²) in [5.74, 6) is 0.413. The number of rotatable bonds is 6. The van der Waals surface area contributed by atoms with Gasteiger partial charge in [-0.1, -0.05) is 32.0 Å². The highest BCUT2D eigenvalue weighted by molar-refractivity contribution is 6.04. The van der Waals surface area contributed by atoms with Crippen LogP contribution in [-0.2, 0) is 7.05 Å². The second kappa shape index (κ2) is 6.72. The molecule has 1 heterocycles. The molecule has 0 unspecified atom stereocenters. The normalized spacial score (nSPS) is 11.3. The van der Waals surface area contributed by atoms with E-state index in [1.165, 1.54) is 0 Å². The summed E-state index contributed by atoms with van der Waals surface area (Å²) >= 11 is 0. The van der Waals surface area contributed by atoms with E-state index in [9.17, 15) is 4.79 Å². The van der Waals surface area contributed by atoms with Gasteiger partial charge in [0.05, 0.1) is 5.52 Å². The molecule has 0 fully saturated rings. The van der Waals surface area contributed by atoms with Gasteiger partial charge < -0.3 is 10.6 Å². The zero-order chi connectivity index (χ0) is 15.4. The van der Waals surface area contributed by atoms with Crippen molar-refractivity contribution in [3.63, 3.8) is 0 Å². The Morgan fingerprint density at radius 2 is 2.10 bits per heavy atom. The van der Waals surface area contributed by atoms with E-state index in [4.69, 9.17) is 5.73 Å². The van der Waals surface area contributed by atoms with Crippen LogP contribution in [0.4, 0.5) is 0 Å². The van der Waals surface area contributed by atoms with Gasteiger partial charge in [0.2, 0.25) is 0 Å². The molecule has 2 aromatic rings. The third kappa shape index (κ3) is 3.42. The van der Waals surface area contributed by atoms with E-state index in [0.29, 0.717) is 24.7 Å². The van der Waals surface area contributed by atoms with E-state index < -0.39 is 0 Å². The fraction of sp³-hybridized carbons (Fsp3) is 0.500. The molecule has 1 aromatic carbocycles. The number of nitrogens with two attached hydrogens (primary N) is 1. The lowest BCUT2D eigenvalue weighted by Crippen LogP contribution is -2.36. The van der Waals surface area contributed by atoms with Gasteiger partial charge >= 0.3 is 0 Å². The molecule has 0 saturated heterocycles. The van der Waals surface area contributed by atoms with E-state index in [1.807, 2.05) is 36.2 Å². The maximum Gasteiger partial charge on any atom is 0.275 e. The zero-order valence-corrected chi connectivity index (χ0v) is 13.0. The molecule has 1 amide bonds. The Kier molecular flexibility index (Phi) is 4.96. The first-order valence-electron chi connectivity index (χ1n) is 7.45. The van der Waals surface area contributed by atoms with E-state index in [0.717, 1.165) is 23.9 Å². The molecule has 1 aromatic heterocycles. The molecule has 0 bridgehead atoms. The molecule has 0 atom stereocenters. The first-order chi connectivity index (χ1) is 10.0. The van der Waals surface area contributed by atoms with Gasteiger partial charge in [0.1, 0.15) is 0 Å². The Labute approximate surface area is 125 Å². The number of amides is 1. The Bertz CT molecular complexity index is 618. The number of fused-ring (bicyclic) bond motifs is 1. The predicted octanol–water partition coefficient (Wildman–Crippen LogP) is 2.02. The minimum absolute atomic E-state index is 0.00560. The molecule has 0 spiro atoms. The molecule has 0 aliphatic heterocycles. The van der Waals surface area contributed by atoms with Crippen molar-refractivity contribution in [3.05, 3.63) is 30.0 Å². The second-order valence-corrected chi connectivity index (χ2v) is 5.78. The number of para-hydroxylation sites is 1. The van der Waals surface area contributed by atoms with Crippen molar-refractivity contribution in [2.75, 3.05) is 19.6 Å². The van der Waals surface area contributed by atoms with Crippen LogP contribution in [0, 0.1) is 5.92 Å². The Morgan fingerprint density at radius 3 is 2.76 bits per heavy atom. The number of hydrogen-bond acceptors (Lipinski definition) is 3. The highest BCUT2D eigenvalue weighted by Crippen LogP contribution is 2.19. The fourth-order valence-electron chi connectivity index (χ4n) is 2.52. The lowest BCUT2D eigenvalue weighted by Gasteiger charge is -2.23. The van der Waals surface area contributed by atoms with Crippen LogP contribution in [0.3, 0.4) is 0 Å². The molecule has 21 heavy (non-hydrogen) atoms. The van der Waals surface area contributed by atoms with Crippen LogP contribution in [-0.4, -0.2) is 40.2 Å². The molecule has 114 valence electrons. The van der Waals surface area contributed by atoms with Crippen molar-refractivity contribution in [2.45, 2.75) is 20.3 Å². The van der Waals surface area contributed by atoms with Gasteiger partial charge in [-0.05, 0) is 24.9 Å². The van der Waals surface area contributed by atoms with E-state index in [-0.39, 0.29) is 5.91 Å². The van der Waals surface area contributed by atoms with E-state index in [1.54, 1.807) is 4.68 Å². The van der Waals surface area contributed by atoms with Gasteiger partial charge in [-0.25, -0.2) is 0 Å². The van der Waals surface area contributed by atoms with Crippen molar-refractivity contribution in [1.29, 1.82) is 0 Å². The molecule has 2 rings (SSSR count). The highest BCUT2D eigenvalue weighted by atomic mass is 16.2. The molecular formula is C16H24N4O. The van der Waals surface area contributed by atoms with Crippen LogP contribution in [0.2, 0.25) is 0 Å². The summed E-state index contributed by atoms with van der Waals surface area (Å²) in [5.41, 5.74) is 7.09. The Hall–Kier alpha value is -1.88. The number of carbonyl (C=O) groups is 1. The smallest absolute Gasteiger partial charge is 0.275 e. The van der Waals surface area contributed by atoms with Crippen LogP contribution >= 0.6 is 0 Å². The first kappa shape index (κ1) is 15.5. The summed E-state index contributed by atoms with van der Waals surface area (Å²) in [4.78, 5) is 14.7.